The van der Waals surface area contributed by atoms with Crippen LogP contribution < -0.4 is 4.90 Å². The predicted molar refractivity (Wildman–Crippen MR) is 249 cm³/mol. The topological polar surface area (TPSA) is 60.2 Å². The van der Waals surface area contributed by atoms with E-state index in [2.05, 4.69) is 187 Å². The third-order valence-electron chi connectivity index (χ3n) is 10.7. The molecule has 0 bridgehead atoms. The zero-order chi connectivity index (χ0) is 40.7. The molecule has 286 valence electrons. The second-order valence-electron chi connectivity index (χ2n) is 14.5. The van der Waals surface area contributed by atoms with Gasteiger partial charge in [-0.3, -0.25) is 10.8 Å². The van der Waals surface area contributed by atoms with E-state index < -0.39 is 0 Å². The first-order chi connectivity index (χ1) is 29.6. The molecule has 9 aromatic carbocycles. The number of nitrogens with zero attached hydrogens (tertiary/aromatic N) is 1. The van der Waals surface area contributed by atoms with Gasteiger partial charge in [0, 0.05) is 28.2 Å². The van der Waals surface area contributed by atoms with Crippen molar-refractivity contribution in [1.29, 1.82) is 10.8 Å². The summed E-state index contributed by atoms with van der Waals surface area (Å²) in [6.07, 6.45) is 0. The highest BCUT2D eigenvalue weighted by atomic mass is 16.5. The zero-order valence-electron chi connectivity index (χ0n) is 32.9. The van der Waals surface area contributed by atoms with E-state index in [1.807, 2.05) is 42.5 Å². The van der Waals surface area contributed by atoms with Crippen molar-refractivity contribution in [2.24, 2.45) is 0 Å². The molecular formula is C56H41N3O. The molecule has 0 fully saturated rings. The molecule has 0 aliphatic rings. The number of hydrogen-bond donors (Lipinski definition) is 2. The highest BCUT2D eigenvalue weighted by Crippen LogP contribution is 2.41. The van der Waals surface area contributed by atoms with E-state index in [0.717, 1.165) is 50.4 Å². The van der Waals surface area contributed by atoms with Gasteiger partial charge < -0.3 is 9.64 Å². The Balaban J connectivity index is 0.990. The fourth-order valence-corrected chi connectivity index (χ4v) is 7.68. The Kier molecular flexibility index (Phi) is 10.7. The summed E-state index contributed by atoms with van der Waals surface area (Å²) < 4.78 is 5.60. The smallest absolute Gasteiger partial charge is 0.221 e. The Morgan fingerprint density at radius 3 is 1.15 bits per heavy atom. The number of benzene rings is 9. The third-order valence-corrected chi connectivity index (χ3v) is 10.7. The van der Waals surface area contributed by atoms with Gasteiger partial charge in [0.2, 0.25) is 11.8 Å². The summed E-state index contributed by atoms with van der Waals surface area (Å²) in [6.45, 7) is 0. The summed E-state index contributed by atoms with van der Waals surface area (Å²) in [5, 5.41) is 16.8. The Morgan fingerprint density at radius 2 is 0.633 bits per heavy atom. The fraction of sp³-hybridized carbons (Fsp3) is 0. The maximum Gasteiger partial charge on any atom is 0.221 e. The highest BCUT2D eigenvalue weighted by Gasteiger charge is 2.16. The lowest BCUT2D eigenvalue weighted by Crippen LogP contribution is -2.12. The summed E-state index contributed by atoms with van der Waals surface area (Å²) in [5.74, 6) is -0.118. The molecule has 0 atom stereocenters. The van der Waals surface area contributed by atoms with Crippen molar-refractivity contribution in [3.63, 3.8) is 0 Å². The molecule has 4 heteroatoms. The molecule has 0 heterocycles. The molecule has 60 heavy (non-hydrogen) atoms. The normalized spacial score (nSPS) is 10.8. The third kappa shape index (κ3) is 8.04. The minimum Gasteiger partial charge on any atom is -0.421 e. The molecule has 9 rings (SSSR count). The second-order valence-corrected chi connectivity index (χ2v) is 14.5. The fourth-order valence-electron chi connectivity index (χ4n) is 7.68. The molecule has 0 aliphatic heterocycles. The van der Waals surface area contributed by atoms with Gasteiger partial charge in [0.25, 0.3) is 0 Å². The van der Waals surface area contributed by atoms with Crippen molar-refractivity contribution < 1.29 is 4.74 Å². The first kappa shape index (κ1) is 37.5. The summed E-state index contributed by atoms with van der Waals surface area (Å²) >= 11 is 0. The molecule has 0 aromatic heterocycles. The van der Waals surface area contributed by atoms with Crippen LogP contribution in [0.15, 0.2) is 237 Å². The molecule has 0 amide bonds. The Hall–Kier alpha value is -8.08. The van der Waals surface area contributed by atoms with Crippen LogP contribution in [0.1, 0.15) is 11.1 Å². The van der Waals surface area contributed by atoms with Gasteiger partial charge in [-0.1, -0.05) is 170 Å². The van der Waals surface area contributed by atoms with Crippen LogP contribution in [0.25, 0.3) is 55.6 Å². The number of anilines is 3. The quantitative estimate of drug-likeness (QED) is 0.107. The van der Waals surface area contributed by atoms with Gasteiger partial charge in [-0.25, -0.2) is 0 Å². The Labute approximate surface area is 351 Å². The van der Waals surface area contributed by atoms with E-state index in [-0.39, 0.29) is 11.8 Å². The number of rotatable bonds is 10. The monoisotopic (exact) mass is 771 g/mol. The Bertz CT molecular complexity index is 2890. The lowest BCUT2D eigenvalue weighted by atomic mass is 9.89. The van der Waals surface area contributed by atoms with Gasteiger partial charge in [-0.2, -0.15) is 0 Å². The summed E-state index contributed by atoms with van der Waals surface area (Å²) in [7, 11) is 0. The summed E-state index contributed by atoms with van der Waals surface area (Å²) in [6, 6.07) is 81.4. The van der Waals surface area contributed by atoms with E-state index in [0.29, 0.717) is 11.1 Å². The molecule has 0 spiro atoms. The van der Waals surface area contributed by atoms with E-state index >= 15 is 0 Å². The molecule has 9 aromatic rings. The van der Waals surface area contributed by atoms with Crippen molar-refractivity contribution >= 4 is 28.9 Å². The molecule has 0 saturated heterocycles. The van der Waals surface area contributed by atoms with Crippen LogP contribution in [0, 0.1) is 10.8 Å². The largest absolute Gasteiger partial charge is 0.421 e. The van der Waals surface area contributed by atoms with Crippen LogP contribution >= 0.6 is 0 Å². The number of ether oxygens (including phenoxy) is 1. The number of nitrogens with one attached hydrogen (secondary N) is 2. The molecule has 2 N–H and O–H groups in total. The first-order valence-electron chi connectivity index (χ1n) is 20.0. The van der Waals surface area contributed by atoms with Gasteiger partial charge in [-0.15, -0.1) is 0 Å². The molecular weight excluding hydrogens is 731 g/mol. The van der Waals surface area contributed by atoms with Crippen LogP contribution in [0.3, 0.4) is 0 Å². The lowest BCUT2D eigenvalue weighted by molar-refractivity contribution is 0.538. The minimum absolute atomic E-state index is 0.0529. The maximum atomic E-state index is 8.53. The zero-order valence-corrected chi connectivity index (χ0v) is 32.9. The van der Waals surface area contributed by atoms with E-state index in [1.54, 1.807) is 12.1 Å². The average molecular weight is 772 g/mol. The predicted octanol–water partition coefficient (Wildman–Crippen LogP) is 14.9. The van der Waals surface area contributed by atoms with Crippen LogP contribution in [-0.2, 0) is 4.74 Å². The van der Waals surface area contributed by atoms with E-state index in [9.17, 15) is 0 Å². The van der Waals surface area contributed by atoms with Crippen molar-refractivity contribution in [1.82, 2.24) is 0 Å². The van der Waals surface area contributed by atoms with Crippen LogP contribution in [-0.4, -0.2) is 11.8 Å². The van der Waals surface area contributed by atoms with Gasteiger partial charge in [0.1, 0.15) is 0 Å². The SMILES string of the molecule is N=C(OC(=N)c1ccc(-c2ccccc2-c2ccccc2-c2ccc(N(c3ccccc3)c3ccc(-c4cccc(-c5ccccc5)c4)cc3)cc2)cc1)c1ccccc1. The first-order valence-corrected chi connectivity index (χ1v) is 20.0. The molecule has 0 aliphatic carbocycles. The van der Waals surface area contributed by atoms with Gasteiger partial charge >= 0.3 is 0 Å². The van der Waals surface area contributed by atoms with Crippen LogP contribution in [0.5, 0.6) is 0 Å². The van der Waals surface area contributed by atoms with Crippen molar-refractivity contribution in [2.75, 3.05) is 4.90 Å². The van der Waals surface area contributed by atoms with Crippen LogP contribution in [0.2, 0.25) is 0 Å². The molecule has 0 unspecified atom stereocenters. The molecule has 4 nitrogen and oxygen atoms in total. The standard InChI is InChI=1S/C56H41N3O/c57-55(44-17-6-2-7-18-44)60-56(58)45-29-27-42(28-30-45)51-23-10-12-25-53(51)54-26-13-11-24-52(54)43-33-37-50(38-34-43)59(48-21-8-3-9-22-48)49-35-31-41(32-36-49)47-20-14-19-46(39-47)40-15-4-1-5-16-40/h1-39,57-58H. The second kappa shape index (κ2) is 17.2. The number of hydrogen-bond acceptors (Lipinski definition) is 4. The van der Waals surface area contributed by atoms with Gasteiger partial charge in [0.05, 0.1) is 0 Å². The summed E-state index contributed by atoms with van der Waals surface area (Å²) in [5.41, 5.74) is 15.8. The maximum absolute atomic E-state index is 8.53. The highest BCUT2D eigenvalue weighted by molar-refractivity contribution is 6.05. The Morgan fingerprint density at radius 1 is 0.283 bits per heavy atom. The van der Waals surface area contributed by atoms with Crippen molar-refractivity contribution in [2.45, 2.75) is 0 Å². The minimum atomic E-state index is -0.0647. The van der Waals surface area contributed by atoms with Gasteiger partial charge in [-0.05, 0) is 122 Å². The van der Waals surface area contributed by atoms with E-state index in [4.69, 9.17) is 15.6 Å². The summed E-state index contributed by atoms with van der Waals surface area (Å²) in [4.78, 5) is 2.30. The van der Waals surface area contributed by atoms with Crippen molar-refractivity contribution in [3.05, 3.63) is 248 Å². The lowest BCUT2D eigenvalue weighted by Gasteiger charge is -2.26. The van der Waals surface area contributed by atoms with Crippen LogP contribution in [0.4, 0.5) is 17.1 Å². The van der Waals surface area contributed by atoms with Gasteiger partial charge in [0.15, 0.2) is 0 Å². The van der Waals surface area contributed by atoms with Crippen molar-refractivity contribution in [3.8, 4) is 55.6 Å². The molecule has 0 saturated carbocycles. The number of para-hydroxylation sites is 1. The molecule has 0 radical (unpaired) electrons. The average Bonchev–Trinajstić information content (AvgIpc) is 3.33. The van der Waals surface area contributed by atoms with E-state index in [1.165, 1.54) is 22.3 Å².